The number of halogens is 2. The molecular formula is C11H12F2N2OS. The summed E-state index contributed by atoms with van der Waals surface area (Å²) in [7, 11) is 0. The molecule has 0 radical (unpaired) electrons. The fourth-order valence-corrected chi connectivity index (χ4v) is 2.29. The second kappa shape index (κ2) is 4.83. The summed E-state index contributed by atoms with van der Waals surface area (Å²) in [6.07, 6.45) is 0. The van der Waals surface area contributed by atoms with Crippen LogP contribution in [0.25, 0.3) is 10.1 Å². The van der Waals surface area contributed by atoms with Crippen molar-refractivity contribution >= 4 is 27.4 Å². The zero-order valence-electron chi connectivity index (χ0n) is 9.41. The minimum atomic E-state index is -2.83. The average Bonchev–Trinajstić information content (AvgIpc) is 2.61. The highest BCUT2D eigenvalue weighted by Crippen LogP contribution is 2.35. The molecule has 1 aromatic heterocycles. The molecule has 0 saturated heterocycles. The van der Waals surface area contributed by atoms with Crippen molar-refractivity contribution in [3.05, 3.63) is 18.2 Å². The van der Waals surface area contributed by atoms with E-state index in [1.807, 2.05) is 19.9 Å². The van der Waals surface area contributed by atoms with E-state index in [0.29, 0.717) is 11.2 Å². The number of rotatable bonds is 4. The van der Waals surface area contributed by atoms with Crippen molar-refractivity contribution in [2.24, 2.45) is 0 Å². The summed E-state index contributed by atoms with van der Waals surface area (Å²) in [6.45, 7) is 1.09. The molecule has 6 heteroatoms. The number of ether oxygens (including phenoxy) is 1. The Balaban J connectivity index is 2.47. The molecule has 0 bridgehead atoms. The molecule has 0 amide bonds. The molecule has 0 aliphatic heterocycles. The Morgan fingerprint density at radius 2 is 2.12 bits per heavy atom. The summed E-state index contributed by atoms with van der Waals surface area (Å²) in [5.41, 5.74) is 0. The average molecular weight is 258 g/mol. The maximum Gasteiger partial charge on any atom is 0.387 e. The van der Waals surface area contributed by atoms with Gasteiger partial charge in [0.1, 0.15) is 5.75 Å². The molecule has 0 fully saturated rings. The number of hydrogen-bond acceptors (Lipinski definition) is 4. The van der Waals surface area contributed by atoms with Gasteiger partial charge in [-0.2, -0.15) is 13.2 Å². The predicted molar refractivity (Wildman–Crippen MR) is 65.0 cm³/mol. The molecule has 0 atom stereocenters. The number of hydrogen-bond donors (Lipinski definition) is 1. The predicted octanol–water partition coefficient (Wildman–Crippen LogP) is 3.72. The number of anilines is 1. The fourth-order valence-electron chi connectivity index (χ4n) is 1.53. The van der Waals surface area contributed by atoms with Gasteiger partial charge in [-0.1, -0.05) is 6.07 Å². The molecule has 0 spiro atoms. The van der Waals surface area contributed by atoms with Crippen molar-refractivity contribution in [2.45, 2.75) is 26.5 Å². The SMILES string of the molecule is CC(C)Nc1nsc2cccc(OC(F)F)c12. The largest absolute Gasteiger partial charge is 0.434 e. The molecule has 0 aliphatic rings. The highest BCUT2D eigenvalue weighted by atomic mass is 32.1. The lowest BCUT2D eigenvalue weighted by atomic mass is 10.2. The molecule has 2 aromatic rings. The van der Waals surface area contributed by atoms with Crippen molar-refractivity contribution in [1.29, 1.82) is 0 Å². The zero-order valence-corrected chi connectivity index (χ0v) is 10.2. The van der Waals surface area contributed by atoms with E-state index in [1.165, 1.54) is 17.6 Å². The van der Waals surface area contributed by atoms with Crippen molar-refractivity contribution in [3.8, 4) is 5.75 Å². The molecule has 92 valence electrons. The molecule has 0 aliphatic carbocycles. The molecule has 0 saturated carbocycles. The van der Waals surface area contributed by atoms with Crippen LogP contribution in [0.1, 0.15) is 13.8 Å². The maximum absolute atomic E-state index is 12.3. The second-order valence-electron chi connectivity index (χ2n) is 3.84. The topological polar surface area (TPSA) is 34.2 Å². The first-order valence-electron chi connectivity index (χ1n) is 5.17. The number of alkyl halides is 2. The van der Waals surface area contributed by atoms with E-state index in [2.05, 4.69) is 14.4 Å². The highest BCUT2D eigenvalue weighted by Gasteiger charge is 2.15. The smallest absolute Gasteiger partial charge is 0.387 e. The van der Waals surface area contributed by atoms with Crippen molar-refractivity contribution in [1.82, 2.24) is 4.37 Å². The molecule has 3 nitrogen and oxygen atoms in total. The Labute approximate surface area is 102 Å². The van der Waals surface area contributed by atoms with Gasteiger partial charge in [-0.05, 0) is 37.5 Å². The lowest BCUT2D eigenvalue weighted by Gasteiger charge is -2.10. The van der Waals surface area contributed by atoms with E-state index in [9.17, 15) is 8.78 Å². The van der Waals surface area contributed by atoms with Gasteiger partial charge in [0.25, 0.3) is 0 Å². The molecular weight excluding hydrogens is 246 g/mol. The van der Waals surface area contributed by atoms with Crippen LogP contribution in [0, 0.1) is 0 Å². The van der Waals surface area contributed by atoms with Gasteiger partial charge in [-0.15, -0.1) is 0 Å². The molecule has 0 unspecified atom stereocenters. The monoisotopic (exact) mass is 258 g/mol. The van der Waals surface area contributed by atoms with E-state index in [0.717, 1.165) is 4.70 Å². The fraction of sp³-hybridized carbons (Fsp3) is 0.364. The van der Waals surface area contributed by atoms with E-state index in [1.54, 1.807) is 6.07 Å². The normalized spacial score (nSPS) is 11.4. The van der Waals surface area contributed by atoms with Gasteiger partial charge < -0.3 is 10.1 Å². The van der Waals surface area contributed by atoms with Gasteiger partial charge in [0.15, 0.2) is 5.82 Å². The van der Waals surface area contributed by atoms with Gasteiger partial charge in [-0.3, -0.25) is 0 Å². The highest BCUT2D eigenvalue weighted by molar-refractivity contribution is 7.13. The third kappa shape index (κ3) is 2.63. The van der Waals surface area contributed by atoms with E-state index >= 15 is 0 Å². The summed E-state index contributed by atoms with van der Waals surface area (Å²) in [5, 5.41) is 3.73. The number of nitrogens with one attached hydrogen (secondary N) is 1. The van der Waals surface area contributed by atoms with Crippen LogP contribution in [-0.4, -0.2) is 17.0 Å². The number of aromatic nitrogens is 1. The summed E-state index contributed by atoms with van der Waals surface area (Å²) in [5.74, 6) is 0.755. The molecule has 1 aromatic carbocycles. The van der Waals surface area contributed by atoms with Gasteiger partial charge in [0, 0.05) is 6.04 Å². The zero-order chi connectivity index (χ0) is 12.4. The number of benzene rings is 1. The lowest BCUT2D eigenvalue weighted by molar-refractivity contribution is -0.0487. The number of fused-ring (bicyclic) bond motifs is 1. The van der Waals surface area contributed by atoms with Crippen molar-refractivity contribution in [3.63, 3.8) is 0 Å². The van der Waals surface area contributed by atoms with Gasteiger partial charge in [-0.25, -0.2) is 0 Å². The second-order valence-corrected chi connectivity index (χ2v) is 4.64. The Morgan fingerprint density at radius 3 is 2.76 bits per heavy atom. The maximum atomic E-state index is 12.3. The third-order valence-electron chi connectivity index (χ3n) is 2.10. The van der Waals surface area contributed by atoms with Gasteiger partial charge in [0.2, 0.25) is 0 Å². The van der Waals surface area contributed by atoms with E-state index in [-0.39, 0.29) is 11.8 Å². The first-order valence-corrected chi connectivity index (χ1v) is 5.95. The van der Waals surface area contributed by atoms with Crippen LogP contribution in [0.5, 0.6) is 5.75 Å². The summed E-state index contributed by atoms with van der Waals surface area (Å²) in [6, 6.07) is 5.21. The Bertz CT molecular complexity index is 513. The first kappa shape index (κ1) is 12.0. The Morgan fingerprint density at radius 1 is 1.35 bits per heavy atom. The van der Waals surface area contributed by atoms with E-state index in [4.69, 9.17) is 0 Å². The minimum Gasteiger partial charge on any atom is -0.434 e. The summed E-state index contributed by atoms with van der Waals surface area (Å²) >= 11 is 1.26. The van der Waals surface area contributed by atoms with Crippen LogP contribution < -0.4 is 10.1 Å². The van der Waals surface area contributed by atoms with Crippen LogP contribution in [0.2, 0.25) is 0 Å². The van der Waals surface area contributed by atoms with Gasteiger partial charge in [0.05, 0.1) is 10.1 Å². The first-order chi connectivity index (χ1) is 8.08. The molecule has 2 rings (SSSR count). The third-order valence-corrected chi connectivity index (χ3v) is 2.91. The van der Waals surface area contributed by atoms with Crippen LogP contribution in [0.3, 0.4) is 0 Å². The van der Waals surface area contributed by atoms with Crippen molar-refractivity contribution in [2.75, 3.05) is 5.32 Å². The lowest BCUT2D eigenvalue weighted by Crippen LogP contribution is -2.10. The van der Waals surface area contributed by atoms with Crippen LogP contribution >= 0.6 is 11.5 Å². The van der Waals surface area contributed by atoms with E-state index < -0.39 is 6.61 Å². The Kier molecular flexibility index (Phi) is 3.42. The standard InChI is InChI=1S/C11H12F2N2OS/c1-6(2)14-10-9-7(16-11(12)13)4-3-5-8(9)17-15-10/h3-6,11H,1-2H3,(H,14,15). The molecule has 1 N–H and O–H groups in total. The van der Waals surface area contributed by atoms with Gasteiger partial charge >= 0.3 is 6.61 Å². The van der Waals surface area contributed by atoms with Crippen LogP contribution in [-0.2, 0) is 0 Å². The quantitative estimate of drug-likeness (QED) is 0.907. The van der Waals surface area contributed by atoms with Crippen molar-refractivity contribution < 1.29 is 13.5 Å². The summed E-state index contributed by atoms with van der Waals surface area (Å²) < 4.78 is 34.1. The van der Waals surface area contributed by atoms with Crippen LogP contribution in [0.4, 0.5) is 14.6 Å². The van der Waals surface area contributed by atoms with Crippen LogP contribution in [0.15, 0.2) is 18.2 Å². The number of nitrogens with zero attached hydrogens (tertiary/aromatic N) is 1. The minimum absolute atomic E-state index is 0.161. The molecule has 17 heavy (non-hydrogen) atoms. The summed E-state index contributed by atoms with van der Waals surface area (Å²) in [4.78, 5) is 0. The molecule has 1 heterocycles. The Hall–Kier alpha value is -1.43.